The molecule has 0 saturated carbocycles. The van der Waals surface area contributed by atoms with Gasteiger partial charge in [0, 0.05) is 6.42 Å². The molecule has 2 aromatic rings. The van der Waals surface area contributed by atoms with E-state index in [1.165, 1.54) is 7.11 Å². The Hall–Kier alpha value is -2.27. The number of ether oxygens (including phenoxy) is 1. The molecule has 2 aromatic carbocycles. The van der Waals surface area contributed by atoms with Crippen molar-refractivity contribution >= 4 is 23.6 Å². The van der Waals surface area contributed by atoms with E-state index in [1.807, 2.05) is 60.7 Å². The van der Waals surface area contributed by atoms with Crippen LogP contribution in [0.5, 0.6) is 0 Å². The van der Waals surface area contributed by atoms with Crippen LogP contribution in [-0.4, -0.2) is 35.7 Å². The number of rotatable bonds is 5. The number of benzene rings is 2. The lowest BCUT2D eigenvalue weighted by atomic mass is 10.0. The molecule has 0 radical (unpaired) electrons. The van der Waals surface area contributed by atoms with Crippen LogP contribution in [0.25, 0.3) is 0 Å². The molecule has 1 aliphatic rings. The molecule has 4 nitrogen and oxygen atoms in total. The number of hydrogen-bond donors (Lipinski definition) is 0. The molecule has 2 atom stereocenters. The summed E-state index contributed by atoms with van der Waals surface area (Å²) in [6.45, 7) is 0. The highest BCUT2D eigenvalue weighted by atomic mass is 32.2. The van der Waals surface area contributed by atoms with Crippen molar-refractivity contribution in [3.63, 3.8) is 0 Å². The lowest BCUT2D eigenvalue weighted by molar-refractivity contribution is -0.152. The van der Waals surface area contributed by atoms with Gasteiger partial charge in [0.1, 0.15) is 11.4 Å². The Morgan fingerprint density at radius 3 is 2.42 bits per heavy atom. The molecule has 1 saturated heterocycles. The molecule has 124 valence electrons. The van der Waals surface area contributed by atoms with E-state index in [9.17, 15) is 9.59 Å². The molecule has 0 bridgehead atoms. The van der Waals surface area contributed by atoms with Crippen molar-refractivity contribution in [2.24, 2.45) is 0 Å². The Morgan fingerprint density at radius 2 is 1.79 bits per heavy atom. The molecular weight excluding hydrogens is 322 g/mol. The fourth-order valence-electron chi connectivity index (χ4n) is 2.92. The monoisotopic (exact) mass is 341 g/mol. The number of esters is 1. The summed E-state index contributed by atoms with van der Waals surface area (Å²) in [4.78, 5) is 26.6. The van der Waals surface area contributed by atoms with E-state index >= 15 is 0 Å². The second kappa shape index (κ2) is 7.53. The zero-order valence-corrected chi connectivity index (χ0v) is 14.2. The fourth-order valence-corrected chi connectivity index (χ4v) is 4.14. The molecule has 0 N–H and O–H groups in total. The maximum Gasteiger partial charge on any atom is 0.328 e. The topological polar surface area (TPSA) is 46.6 Å². The molecule has 0 aromatic heterocycles. The third-order valence-electron chi connectivity index (χ3n) is 4.07. The van der Waals surface area contributed by atoms with Gasteiger partial charge in [-0.3, -0.25) is 4.79 Å². The molecule has 1 aliphatic heterocycles. The second-order valence-corrected chi connectivity index (χ2v) is 6.67. The van der Waals surface area contributed by atoms with Gasteiger partial charge in [-0.2, -0.15) is 0 Å². The van der Waals surface area contributed by atoms with E-state index in [2.05, 4.69) is 0 Å². The van der Waals surface area contributed by atoms with Gasteiger partial charge in [0.2, 0.25) is 5.91 Å². The van der Waals surface area contributed by atoms with E-state index in [0.29, 0.717) is 12.2 Å². The van der Waals surface area contributed by atoms with Crippen molar-refractivity contribution in [3.8, 4) is 0 Å². The molecular formula is C19H19NO3S. The van der Waals surface area contributed by atoms with Gasteiger partial charge in [0.15, 0.2) is 0 Å². The van der Waals surface area contributed by atoms with Crippen LogP contribution in [-0.2, 0) is 20.7 Å². The van der Waals surface area contributed by atoms with Crippen LogP contribution in [0.2, 0.25) is 0 Å². The Morgan fingerprint density at radius 1 is 1.17 bits per heavy atom. The van der Waals surface area contributed by atoms with Gasteiger partial charge in [-0.25, -0.2) is 4.79 Å². The zero-order valence-electron chi connectivity index (χ0n) is 13.4. The van der Waals surface area contributed by atoms with Gasteiger partial charge in [0.25, 0.3) is 0 Å². The van der Waals surface area contributed by atoms with Crippen LogP contribution in [0, 0.1) is 0 Å². The van der Waals surface area contributed by atoms with Crippen LogP contribution >= 0.6 is 11.8 Å². The molecule has 5 heteroatoms. The molecule has 1 fully saturated rings. The summed E-state index contributed by atoms with van der Waals surface area (Å²) in [6.07, 6.45) is 0.448. The number of hydrogen-bond acceptors (Lipinski definition) is 4. The van der Waals surface area contributed by atoms with E-state index in [4.69, 9.17) is 4.74 Å². The maximum atomic E-state index is 12.5. The summed E-state index contributed by atoms with van der Waals surface area (Å²) in [7, 11) is 1.37. The lowest BCUT2D eigenvalue weighted by Crippen LogP contribution is -2.45. The van der Waals surface area contributed by atoms with Crippen LogP contribution in [0.4, 0.5) is 0 Å². The Bertz CT molecular complexity index is 705. The summed E-state index contributed by atoms with van der Waals surface area (Å²) >= 11 is 1.55. The number of carbonyl (C=O) groups is 2. The quantitative estimate of drug-likeness (QED) is 0.784. The van der Waals surface area contributed by atoms with Gasteiger partial charge >= 0.3 is 5.97 Å². The van der Waals surface area contributed by atoms with Crippen molar-refractivity contribution in [1.82, 2.24) is 4.90 Å². The molecule has 1 heterocycles. The fraction of sp³-hybridized carbons (Fsp3) is 0.263. The van der Waals surface area contributed by atoms with Crippen molar-refractivity contribution in [2.45, 2.75) is 17.8 Å². The Kier molecular flexibility index (Phi) is 5.20. The summed E-state index contributed by atoms with van der Waals surface area (Å²) in [5.41, 5.74) is 2.03. The second-order valence-electron chi connectivity index (χ2n) is 5.60. The van der Waals surface area contributed by atoms with Crippen LogP contribution in [0.15, 0.2) is 60.7 Å². The van der Waals surface area contributed by atoms with E-state index < -0.39 is 6.04 Å². The van der Waals surface area contributed by atoms with Gasteiger partial charge in [-0.05, 0) is 11.1 Å². The third kappa shape index (κ3) is 3.46. The van der Waals surface area contributed by atoms with E-state index in [1.54, 1.807) is 16.7 Å². The minimum absolute atomic E-state index is 0.0276. The molecule has 2 unspecified atom stereocenters. The van der Waals surface area contributed by atoms with Crippen molar-refractivity contribution in [3.05, 3.63) is 71.8 Å². The summed E-state index contributed by atoms with van der Waals surface area (Å²) in [5, 5.41) is -0.161. The number of amides is 1. The first kappa shape index (κ1) is 16.6. The van der Waals surface area contributed by atoms with Crippen molar-refractivity contribution < 1.29 is 14.3 Å². The highest BCUT2D eigenvalue weighted by Crippen LogP contribution is 2.40. The number of carbonyl (C=O) groups excluding carboxylic acids is 2. The predicted molar refractivity (Wildman–Crippen MR) is 94.4 cm³/mol. The minimum Gasteiger partial charge on any atom is -0.467 e. The molecule has 0 aliphatic carbocycles. The molecule has 0 spiro atoms. The third-order valence-corrected chi connectivity index (χ3v) is 5.30. The first-order valence-corrected chi connectivity index (χ1v) is 8.85. The largest absolute Gasteiger partial charge is 0.467 e. The highest BCUT2D eigenvalue weighted by molar-refractivity contribution is 8.00. The van der Waals surface area contributed by atoms with Crippen molar-refractivity contribution in [2.75, 3.05) is 12.9 Å². The van der Waals surface area contributed by atoms with Gasteiger partial charge in [-0.1, -0.05) is 60.7 Å². The van der Waals surface area contributed by atoms with Crippen LogP contribution in [0.1, 0.15) is 16.5 Å². The maximum absolute atomic E-state index is 12.5. The Labute approximate surface area is 145 Å². The number of methoxy groups -OCH3 is 1. The van der Waals surface area contributed by atoms with Gasteiger partial charge in [-0.15, -0.1) is 11.8 Å². The summed E-state index contributed by atoms with van der Waals surface area (Å²) < 4.78 is 4.99. The Balaban J connectivity index is 1.92. The number of nitrogens with zero attached hydrogens (tertiary/aromatic N) is 1. The van der Waals surface area contributed by atoms with Crippen molar-refractivity contribution in [1.29, 1.82) is 0 Å². The van der Waals surface area contributed by atoms with Crippen LogP contribution in [0.3, 0.4) is 0 Å². The minimum atomic E-state index is -0.620. The van der Waals surface area contributed by atoms with Crippen LogP contribution < -0.4 is 0 Å². The standard InChI is InChI=1S/C19H19NO3S/c1-23-19(22)16(12-14-8-4-2-5-9-14)20-17(21)13-24-18(20)15-10-6-3-7-11-15/h2-11,16,18H,12-13H2,1H3. The lowest BCUT2D eigenvalue weighted by Gasteiger charge is -2.31. The smallest absolute Gasteiger partial charge is 0.328 e. The van der Waals surface area contributed by atoms with E-state index in [0.717, 1.165) is 11.1 Å². The number of thioether (sulfide) groups is 1. The molecule has 1 amide bonds. The average molecular weight is 341 g/mol. The first-order chi connectivity index (χ1) is 11.7. The normalized spacial score (nSPS) is 18.5. The van der Waals surface area contributed by atoms with E-state index in [-0.39, 0.29) is 17.3 Å². The molecule has 24 heavy (non-hydrogen) atoms. The van der Waals surface area contributed by atoms with Gasteiger partial charge < -0.3 is 9.64 Å². The molecule has 3 rings (SSSR count). The summed E-state index contributed by atoms with van der Waals surface area (Å²) in [6, 6.07) is 18.9. The predicted octanol–water partition coefficient (Wildman–Crippen LogP) is 3.04. The van der Waals surface area contributed by atoms with Gasteiger partial charge in [0.05, 0.1) is 12.9 Å². The zero-order chi connectivity index (χ0) is 16.9. The first-order valence-electron chi connectivity index (χ1n) is 7.80. The summed E-state index contributed by atoms with van der Waals surface area (Å²) in [5.74, 6) is -0.0298. The highest BCUT2D eigenvalue weighted by Gasteiger charge is 2.41. The SMILES string of the molecule is COC(=O)C(Cc1ccccc1)N1C(=O)CSC1c1ccccc1. The average Bonchev–Trinajstić information content (AvgIpc) is 3.02.